The Hall–Kier alpha value is -1.29. The summed E-state index contributed by atoms with van der Waals surface area (Å²) in [6.45, 7) is 3.81. The van der Waals surface area contributed by atoms with E-state index < -0.39 is 0 Å². The largest absolute Gasteiger partial charge is 0.464 e. The molecule has 2 nitrogen and oxygen atoms in total. The second-order valence-electron chi connectivity index (χ2n) is 3.91. The molecule has 4 heteroatoms. The first kappa shape index (κ1) is 12.2. The first-order valence-electron chi connectivity index (χ1n) is 5.35. The SMILES string of the molecule is Cc1ccc(C(C)Nc2c(F)cccc2Br)o1. The van der Waals surface area contributed by atoms with E-state index in [2.05, 4.69) is 21.2 Å². The molecule has 0 radical (unpaired) electrons. The zero-order valence-electron chi connectivity index (χ0n) is 9.63. The second-order valence-corrected chi connectivity index (χ2v) is 4.77. The number of benzene rings is 1. The highest BCUT2D eigenvalue weighted by Crippen LogP contribution is 2.29. The molecule has 0 saturated carbocycles. The van der Waals surface area contributed by atoms with Gasteiger partial charge in [0.05, 0.1) is 11.7 Å². The van der Waals surface area contributed by atoms with Gasteiger partial charge in [0.2, 0.25) is 0 Å². The van der Waals surface area contributed by atoms with Crippen molar-refractivity contribution >= 4 is 21.6 Å². The minimum Gasteiger partial charge on any atom is -0.464 e. The van der Waals surface area contributed by atoms with Crippen LogP contribution in [0.1, 0.15) is 24.5 Å². The topological polar surface area (TPSA) is 25.2 Å². The quantitative estimate of drug-likeness (QED) is 0.891. The molecule has 2 rings (SSSR count). The number of nitrogens with one attached hydrogen (secondary N) is 1. The normalized spacial score (nSPS) is 12.5. The second kappa shape index (κ2) is 4.92. The van der Waals surface area contributed by atoms with Crippen LogP contribution in [0.4, 0.5) is 10.1 Å². The van der Waals surface area contributed by atoms with Gasteiger partial charge in [0.1, 0.15) is 17.3 Å². The van der Waals surface area contributed by atoms with Crippen LogP contribution in [0.3, 0.4) is 0 Å². The molecule has 0 spiro atoms. The van der Waals surface area contributed by atoms with E-state index >= 15 is 0 Å². The van der Waals surface area contributed by atoms with Gasteiger partial charge in [-0.3, -0.25) is 0 Å². The Morgan fingerprint density at radius 3 is 2.65 bits per heavy atom. The summed E-state index contributed by atoms with van der Waals surface area (Å²) in [4.78, 5) is 0. The number of hydrogen-bond acceptors (Lipinski definition) is 2. The molecule has 1 heterocycles. The van der Waals surface area contributed by atoms with Crippen LogP contribution in [-0.2, 0) is 0 Å². The highest BCUT2D eigenvalue weighted by Gasteiger charge is 2.13. The molecule has 1 N–H and O–H groups in total. The molecule has 0 bridgehead atoms. The summed E-state index contributed by atoms with van der Waals surface area (Å²) in [6.07, 6.45) is 0. The average Bonchev–Trinajstić information content (AvgIpc) is 2.70. The summed E-state index contributed by atoms with van der Waals surface area (Å²) < 4.78 is 19.8. The Labute approximate surface area is 108 Å². The molecular weight excluding hydrogens is 285 g/mol. The van der Waals surface area contributed by atoms with Gasteiger partial charge >= 0.3 is 0 Å². The lowest BCUT2D eigenvalue weighted by Crippen LogP contribution is -2.07. The van der Waals surface area contributed by atoms with E-state index in [1.54, 1.807) is 12.1 Å². The third-order valence-corrected chi connectivity index (χ3v) is 3.17. The van der Waals surface area contributed by atoms with Crippen LogP contribution in [0.5, 0.6) is 0 Å². The maximum absolute atomic E-state index is 13.6. The highest BCUT2D eigenvalue weighted by atomic mass is 79.9. The van der Waals surface area contributed by atoms with Gasteiger partial charge in [0, 0.05) is 4.47 Å². The predicted molar refractivity (Wildman–Crippen MR) is 69.6 cm³/mol. The van der Waals surface area contributed by atoms with Gasteiger partial charge in [-0.25, -0.2) is 4.39 Å². The van der Waals surface area contributed by atoms with Gasteiger partial charge in [-0.15, -0.1) is 0 Å². The van der Waals surface area contributed by atoms with Crippen molar-refractivity contribution in [1.82, 2.24) is 0 Å². The fraction of sp³-hybridized carbons (Fsp3) is 0.231. The lowest BCUT2D eigenvalue weighted by Gasteiger charge is -2.15. The van der Waals surface area contributed by atoms with Gasteiger partial charge in [-0.1, -0.05) is 6.07 Å². The smallest absolute Gasteiger partial charge is 0.147 e. The van der Waals surface area contributed by atoms with E-state index in [1.165, 1.54) is 6.07 Å². The molecule has 0 aliphatic carbocycles. The van der Waals surface area contributed by atoms with Crippen LogP contribution in [-0.4, -0.2) is 0 Å². The summed E-state index contributed by atoms with van der Waals surface area (Å²) >= 11 is 3.32. The molecule has 1 unspecified atom stereocenters. The number of furan rings is 1. The fourth-order valence-corrected chi connectivity index (χ4v) is 2.07. The van der Waals surface area contributed by atoms with Crippen molar-refractivity contribution in [2.24, 2.45) is 0 Å². The molecule has 0 aliphatic rings. The summed E-state index contributed by atoms with van der Waals surface area (Å²) in [6, 6.07) is 8.58. The Morgan fingerprint density at radius 2 is 2.06 bits per heavy atom. The molecular formula is C13H13BrFNO. The van der Waals surface area contributed by atoms with Gasteiger partial charge in [0.15, 0.2) is 0 Å². The van der Waals surface area contributed by atoms with Crippen molar-refractivity contribution in [3.8, 4) is 0 Å². The molecule has 2 aromatic rings. The standard InChI is InChI=1S/C13H13BrFNO/c1-8-6-7-12(17-8)9(2)16-13-10(14)4-3-5-11(13)15/h3-7,9,16H,1-2H3. The van der Waals surface area contributed by atoms with Crippen molar-refractivity contribution in [1.29, 1.82) is 0 Å². The van der Waals surface area contributed by atoms with E-state index in [4.69, 9.17) is 4.42 Å². The lowest BCUT2D eigenvalue weighted by molar-refractivity contribution is 0.466. The molecule has 0 amide bonds. The first-order valence-corrected chi connectivity index (χ1v) is 6.14. The molecule has 1 aromatic carbocycles. The van der Waals surface area contributed by atoms with E-state index in [-0.39, 0.29) is 11.9 Å². The molecule has 1 atom stereocenters. The third-order valence-electron chi connectivity index (χ3n) is 2.51. The zero-order chi connectivity index (χ0) is 12.4. The third kappa shape index (κ3) is 2.69. The Bertz CT molecular complexity index is 504. The molecule has 0 saturated heterocycles. The summed E-state index contributed by atoms with van der Waals surface area (Å²) in [5, 5.41) is 3.09. The molecule has 1 aromatic heterocycles. The van der Waals surface area contributed by atoms with Crippen LogP contribution in [0.15, 0.2) is 39.2 Å². The molecule has 0 aliphatic heterocycles. The number of rotatable bonds is 3. The van der Waals surface area contributed by atoms with Gasteiger partial charge in [-0.05, 0) is 54.0 Å². The number of halogens is 2. The minimum absolute atomic E-state index is 0.0862. The van der Waals surface area contributed by atoms with Crippen molar-refractivity contribution in [2.45, 2.75) is 19.9 Å². The van der Waals surface area contributed by atoms with Crippen molar-refractivity contribution in [2.75, 3.05) is 5.32 Å². The maximum Gasteiger partial charge on any atom is 0.147 e. The van der Waals surface area contributed by atoms with Crippen molar-refractivity contribution in [3.05, 3.63) is 52.1 Å². The van der Waals surface area contributed by atoms with E-state index in [0.29, 0.717) is 10.2 Å². The van der Waals surface area contributed by atoms with E-state index in [0.717, 1.165) is 11.5 Å². The predicted octanol–water partition coefficient (Wildman–Crippen LogP) is 4.66. The van der Waals surface area contributed by atoms with Gasteiger partial charge in [0.25, 0.3) is 0 Å². The van der Waals surface area contributed by atoms with E-state index in [9.17, 15) is 4.39 Å². The minimum atomic E-state index is -0.283. The van der Waals surface area contributed by atoms with E-state index in [1.807, 2.05) is 26.0 Å². The van der Waals surface area contributed by atoms with Crippen LogP contribution in [0, 0.1) is 12.7 Å². The van der Waals surface area contributed by atoms with Gasteiger partial charge < -0.3 is 9.73 Å². The first-order chi connectivity index (χ1) is 8.08. The van der Waals surface area contributed by atoms with Crippen molar-refractivity contribution in [3.63, 3.8) is 0 Å². The van der Waals surface area contributed by atoms with Crippen LogP contribution < -0.4 is 5.32 Å². The maximum atomic E-state index is 13.6. The zero-order valence-corrected chi connectivity index (χ0v) is 11.2. The number of aryl methyl sites for hydroxylation is 1. The summed E-state index contributed by atoms with van der Waals surface area (Å²) in [5.41, 5.74) is 0.453. The summed E-state index contributed by atoms with van der Waals surface area (Å²) in [7, 11) is 0. The number of hydrogen-bond donors (Lipinski definition) is 1. The van der Waals surface area contributed by atoms with Crippen molar-refractivity contribution < 1.29 is 8.81 Å². The van der Waals surface area contributed by atoms with Crippen LogP contribution >= 0.6 is 15.9 Å². The number of anilines is 1. The Kier molecular flexibility index (Phi) is 3.52. The monoisotopic (exact) mass is 297 g/mol. The average molecular weight is 298 g/mol. The number of para-hydroxylation sites is 1. The lowest BCUT2D eigenvalue weighted by atomic mass is 10.2. The summed E-state index contributed by atoms with van der Waals surface area (Å²) in [5.74, 6) is 1.36. The van der Waals surface area contributed by atoms with Crippen LogP contribution in [0.2, 0.25) is 0 Å². The molecule has 17 heavy (non-hydrogen) atoms. The molecule has 90 valence electrons. The highest BCUT2D eigenvalue weighted by molar-refractivity contribution is 9.10. The Morgan fingerprint density at radius 1 is 1.29 bits per heavy atom. The van der Waals surface area contributed by atoms with Gasteiger partial charge in [-0.2, -0.15) is 0 Å². The molecule has 0 fully saturated rings. The fourth-order valence-electron chi connectivity index (χ4n) is 1.61. The Balaban J connectivity index is 2.21. The van der Waals surface area contributed by atoms with Crippen LogP contribution in [0.25, 0.3) is 0 Å².